The molecule has 0 N–H and O–H groups in total. The van der Waals surface area contributed by atoms with Gasteiger partial charge < -0.3 is 4.74 Å². The van der Waals surface area contributed by atoms with Crippen LogP contribution >= 0.6 is 0 Å². The maximum atomic E-state index is 10.6. The Morgan fingerprint density at radius 2 is 1.63 bits per heavy atom. The summed E-state index contributed by atoms with van der Waals surface area (Å²) >= 11 is 0. The number of hydrogen-bond acceptors (Lipinski definition) is 2. The zero-order valence-electron chi connectivity index (χ0n) is 10.0. The molecule has 1 unspecified atom stereocenters. The van der Waals surface area contributed by atoms with Crippen LogP contribution in [0, 0.1) is 20.0 Å². The van der Waals surface area contributed by atoms with E-state index in [1.165, 1.54) is 12.5 Å². The zero-order valence-corrected chi connectivity index (χ0v) is 11.3. The average Bonchev–Trinajstić information content (AvgIpc) is 2.43. The summed E-state index contributed by atoms with van der Waals surface area (Å²) in [5, 5.41) is 0. The number of benzene rings is 1. The Balaban J connectivity index is -0.000000325. The first-order chi connectivity index (χ1) is 8.77. The van der Waals surface area contributed by atoms with Crippen LogP contribution in [0.2, 0.25) is 0 Å². The van der Waals surface area contributed by atoms with Crippen molar-refractivity contribution in [2.75, 3.05) is 0 Å². The molecular formula is C13H10CrO5. The van der Waals surface area contributed by atoms with Crippen LogP contribution in [0.25, 0.3) is 0 Å². The summed E-state index contributed by atoms with van der Waals surface area (Å²) in [4.78, 5) is 10.6. The second kappa shape index (κ2) is 14.5. The Kier molecular flexibility index (Phi) is 17.3. The maximum absolute atomic E-state index is 10.6. The summed E-state index contributed by atoms with van der Waals surface area (Å²) in [6.45, 7) is 14.9. The Morgan fingerprint density at radius 1 is 1.16 bits per heavy atom. The van der Waals surface area contributed by atoms with Crippen molar-refractivity contribution < 1.29 is 40.8 Å². The van der Waals surface area contributed by atoms with Gasteiger partial charge in [0, 0.05) is 30.7 Å². The number of carbonyl (C=O) groups is 1. The topological polar surface area (TPSA) is 86.0 Å². The van der Waals surface area contributed by atoms with Gasteiger partial charge in [0.1, 0.15) is 6.10 Å². The van der Waals surface area contributed by atoms with Gasteiger partial charge in [-0.25, -0.2) is 0 Å². The average molecular weight is 298 g/mol. The quantitative estimate of drug-likeness (QED) is 0.449. The van der Waals surface area contributed by atoms with Gasteiger partial charge in [0.2, 0.25) is 0 Å². The molecule has 0 amide bonds. The third-order valence-electron chi connectivity index (χ3n) is 2.12. The van der Waals surface area contributed by atoms with E-state index in [0.29, 0.717) is 0 Å². The van der Waals surface area contributed by atoms with Crippen molar-refractivity contribution in [2.24, 2.45) is 0 Å². The Labute approximate surface area is 122 Å². The van der Waals surface area contributed by atoms with E-state index in [2.05, 4.69) is 26.0 Å². The van der Waals surface area contributed by atoms with Gasteiger partial charge in [0.05, 0.1) is 0 Å². The number of ether oxygens (including phenoxy) is 1. The molecule has 0 bridgehead atoms. The maximum Gasteiger partial charge on any atom is 0 e. The van der Waals surface area contributed by atoms with Crippen molar-refractivity contribution in [3.8, 4) is 0 Å². The molecule has 0 spiro atoms. The largest absolute Gasteiger partial charge is 0 e. The predicted molar refractivity (Wildman–Crippen MR) is 56.4 cm³/mol. The smallest absolute Gasteiger partial charge is 0 e. The van der Waals surface area contributed by atoms with Crippen molar-refractivity contribution in [1.29, 1.82) is 0 Å². The minimum atomic E-state index is -0.200. The molecule has 0 radical (unpaired) electrons. The van der Waals surface area contributed by atoms with E-state index in [1.54, 1.807) is 0 Å². The van der Waals surface area contributed by atoms with Crippen LogP contribution in [0.3, 0.4) is 0 Å². The minimum absolute atomic E-state index is 0. The molecule has 2 rings (SSSR count). The van der Waals surface area contributed by atoms with Crippen molar-refractivity contribution in [1.82, 2.24) is 0 Å². The van der Waals surface area contributed by atoms with E-state index in [9.17, 15) is 4.79 Å². The summed E-state index contributed by atoms with van der Waals surface area (Å²) < 4.78 is 27.6. The molecule has 5 nitrogen and oxygen atoms in total. The molecule has 0 heterocycles. The summed E-state index contributed by atoms with van der Waals surface area (Å²) in [7, 11) is 0. The molecule has 1 aliphatic rings. The summed E-state index contributed by atoms with van der Waals surface area (Å²) in [6, 6.07) is 8.04. The molecule has 1 aliphatic carbocycles. The van der Waals surface area contributed by atoms with Gasteiger partial charge in [-0.15, -0.1) is 0 Å². The zero-order chi connectivity index (χ0) is 14.6. The Bertz CT molecular complexity index is 422. The normalized spacial score (nSPS) is 12.5. The molecule has 1 atom stereocenters. The molecule has 0 aliphatic heterocycles. The molecule has 1 aromatic rings. The summed E-state index contributed by atoms with van der Waals surface area (Å²) in [5.41, 5.74) is 2.46. The van der Waals surface area contributed by atoms with Crippen molar-refractivity contribution in [3.63, 3.8) is 0 Å². The number of carbonyl (C=O) groups excluding carboxylic acids is 1. The fourth-order valence-corrected chi connectivity index (χ4v) is 1.52. The Hall–Kier alpha value is -1.56. The van der Waals surface area contributed by atoms with E-state index >= 15 is 0 Å². The second-order valence-corrected chi connectivity index (χ2v) is 3.00. The first-order valence-corrected chi connectivity index (χ1v) is 4.63. The van der Waals surface area contributed by atoms with E-state index < -0.39 is 0 Å². The number of esters is 1. The number of hydrogen-bond donors (Lipinski definition) is 0. The van der Waals surface area contributed by atoms with Gasteiger partial charge in [-0.2, -0.15) is 0 Å². The molecule has 0 fully saturated rings. The third kappa shape index (κ3) is 7.46. The van der Waals surface area contributed by atoms with Gasteiger partial charge in [-0.05, 0) is 11.1 Å². The molecule has 6 heteroatoms. The van der Waals surface area contributed by atoms with Crippen LogP contribution in [0.15, 0.2) is 24.3 Å². The first kappa shape index (κ1) is 22.6. The fraction of sp³-hybridized carbons (Fsp3) is 0.231. The van der Waals surface area contributed by atoms with Crippen LogP contribution in [-0.2, 0) is 47.3 Å². The number of fused-ring (bicyclic) bond motifs is 1. The van der Waals surface area contributed by atoms with Crippen LogP contribution < -0.4 is 0 Å². The van der Waals surface area contributed by atoms with Crippen molar-refractivity contribution in [3.05, 3.63) is 55.3 Å². The first-order valence-electron chi connectivity index (χ1n) is 4.63. The van der Waals surface area contributed by atoms with Gasteiger partial charge in [-0.3, -0.25) is 4.79 Å². The van der Waals surface area contributed by atoms with E-state index in [1.807, 2.05) is 18.2 Å². The van der Waals surface area contributed by atoms with E-state index in [4.69, 9.17) is 18.7 Å². The van der Waals surface area contributed by atoms with Crippen LogP contribution in [0.4, 0.5) is 0 Å². The van der Waals surface area contributed by atoms with E-state index in [0.717, 1.165) is 12.0 Å². The monoisotopic (exact) mass is 298 g/mol. The Morgan fingerprint density at radius 3 is 2.05 bits per heavy atom. The SMILES string of the molecule is CC(=O)OC1Cc2ccccc21.[C-]#[O+].[C-]#[O+].[C-]#[O+].[Cr]. The van der Waals surface area contributed by atoms with Crippen LogP contribution in [-0.4, -0.2) is 5.97 Å². The van der Waals surface area contributed by atoms with Crippen LogP contribution in [0.1, 0.15) is 24.2 Å². The van der Waals surface area contributed by atoms with Gasteiger partial charge in [0.25, 0.3) is 0 Å². The van der Waals surface area contributed by atoms with Crippen LogP contribution in [0.5, 0.6) is 0 Å². The number of rotatable bonds is 1. The molecular weight excluding hydrogens is 288 g/mol. The molecule has 0 saturated heterocycles. The molecule has 1 aromatic carbocycles. The van der Waals surface area contributed by atoms with Crippen molar-refractivity contribution >= 4 is 5.97 Å². The van der Waals surface area contributed by atoms with Gasteiger partial charge in [0.15, 0.2) is 0 Å². The third-order valence-corrected chi connectivity index (χ3v) is 2.12. The van der Waals surface area contributed by atoms with E-state index in [-0.39, 0.29) is 29.4 Å². The molecule has 0 saturated carbocycles. The van der Waals surface area contributed by atoms with Gasteiger partial charge in [-0.1, -0.05) is 24.3 Å². The standard InChI is InChI=1S/C10H10O2.3CO.Cr/c1-7(11)12-10-6-8-4-2-3-5-9(8)10;3*1-2;/h2-5,10H,6H2,1H3;;;;. The van der Waals surface area contributed by atoms with Gasteiger partial charge >= 0.3 is 39.9 Å². The summed E-state index contributed by atoms with van der Waals surface area (Å²) in [5.74, 6) is -0.200. The fourth-order valence-electron chi connectivity index (χ4n) is 1.52. The van der Waals surface area contributed by atoms with Crippen molar-refractivity contribution in [2.45, 2.75) is 19.4 Å². The molecule has 98 valence electrons. The molecule has 0 aromatic heterocycles. The summed E-state index contributed by atoms with van der Waals surface area (Å²) in [6.07, 6.45) is 0.883. The minimum Gasteiger partial charge on any atom is 0 e. The second-order valence-electron chi connectivity index (χ2n) is 3.00. The molecule has 19 heavy (non-hydrogen) atoms. The predicted octanol–water partition coefficient (Wildman–Crippen LogP) is 1.73.